The first-order valence-corrected chi connectivity index (χ1v) is 8.37. The first-order chi connectivity index (χ1) is 5.88. The van der Waals surface area contributed by atoms with E-state index in [0.29, 0.717) is 0 Å². The highest BCUT2D eigenvalue weighted by molar-refractivity contribution is 6.60. The highest BCUT2D eigenvalue weighted by Gasteiger charge is 2.34. The Labute approximate surface area is 82.6 Å². The summed E-state index contributed by atoms with van der Waals surface area (Å²) in [6.45, 7) is 0. The molecule has 0 unspecified atom stereocenters. The maximum Gasteiger partial charge on any atom is 0.265 e. The van der Waals surface area contributed by atoms with E-state index >= 15 is 0 Å². The molecule has 2 aliphatic rings. The van der Waals surface area contributed by atoms with Gasteiger partial charge in [0.1, 0.15) is 0 Å². The average molecular weight is 182 g/mol. The van der Waals surface area contributed by atoms with E-state index in [1.54, 1.807) is 51.4 Å². The van der Waals surface area contributed by atoms with Crippen molar-refractivity contribution in [1.82, 2.24) is 0 Å². The molecule has 0 saturated heterocycles. The van der Waals surface area contributed by atoms with E-state index in [9.17, 15) is 0 Å². The number of rotatable bonds is 2. The molecule has 0 amide bonds. The second-order valence-electron chi connectivity index (χ2n) is 4.95. The van der Waals surface area contributed by atoms with E-state index in [1.165, 1.54) is 9.56 Å². The highest BCUT2D eigenvalue weighted by atomic mass is 27.2. The van der Waals surface area contributed by atoms with Gasteiger partial charge >= 0.3 is 0 Å². The summed E-state index contributed by atoms with van der Waals surface area (Å²) in [6.07, 6.45) is 12.6. The van der Waals surface area contributed by atoms with Crippen molar-refractivity contribution in [3.8, 4) is 0 Å². The first kappa shape index (κ1) is 9.10. The van der Waals surface area contributed by atoms with Gasteiger partial charge in [0.2, 0.25) is 0 Å². The normalized spacial score (nSPS) is 26.8. The van der Waals surface area contributed by atoms with Crippen LogP contribution < -0.4 is 0 Å². The third-order valence-electron chi connectivity index (χ3n) is 4.29. The molecule has 0 atom stereocenters. The standard InChI is InChI=1S/2C5H9.CH3.Al.H2/c2*1-2-4-5-3-1;;;/h2*1H,2-5H2;1H3;;1H. The van der Waals surface area contributed by atoms with Crippen LogP contribution in [0.5, 0.6) is 0 Å². The quantitative estimate of drug-likeness (QED) is 0.560. The molecule has 0 N–H and O–H groups in total. The van der Waals surface area contributed by atoms with Crippen LogP contribution in [0.1, 0.15) is 52.8 Å². The molecule has 0 radical (unpaired) electrons. The minimum atomic E-state index is -0.307. The molecule has 0 aromatic carbocycles. The zero-order chi connectivity index (χ0) is 8.39. The summed E-state index contributed by atoms with van der Waals surface area (Å²) in [5.41, 5.74) is 0. The molecule has 2 fully saturated rings. The molecule has 12 heavy (non-hydrogen) atoms. The second-order valence-corrected chi connectivity index (χ2v) is 8.55. The van der Waals surface area contributed by atoms with Crippen molar-refractivity contribution in [3.05, 3.63) is 0 Å². The average Bonchev–Trinajstić information content (AvgIpc) is 2.77. The zero-order valence-electron chi connectivity index (χ0n) is 8.39. The fourth-order valence-electron chi connectivity index (χ4n) is 3.35. The van der Waals surface area contributed by atoms with Gasteiger partial charge in [-0.1, -0.05) is 60.9 Å². The van der Waals surface area contributed by atoms with Crippen LogP contribution in [0, 0.1) is 0 Å². The smallest absolute Gasteiger partial charge is 0.105 e. The Morgan fingerprint density at radius 2 is 1.17 bits per heavy atom. The van der Waals surface area contributed by atoms with Crippen LogP contribution in [0.4, 0.5) is 0 Å². The van der Waals surface area contributed by atoms with Crippen LogP contribution >= 0.6 is 0 Å². The lowest BCUT2D eigenvalue weighted by Crippen LogP contribution is -2.19. The monoisotopic (exact) mass is 182 g/mol. The molecular weight excluding hydrogens is 159 g/mol. The van der Waals surface area contributed by atoms with Gasteiger partial charge in [-0.25, -0.2) is 0 Å². The molecule has 0 aromatic rings. The molecule has 0 heterocycles. The molecule has 0 bridgehead atoms. The summed E-state index contributed by atoms with van der Waals surface area (Å²) < 4.78 is 2.49. The Balaban J connectivity index is 0.000000845. The van der Waals surface area contributed by atoms with Crippen molar-refractivity contribution in [2.75, 3.05) is 0 Å². The molecule has 2 aliphatic carbocycles. The maximum absolute atomic E-state index is 2.66. The lowest BCUT2D eigenvalue weighted by molar-refractivity contribution is 0.776. The van der Waals surface area contributed by atoms with Crippen LogP contribution in [-0.2, 0) is 0 Å². The van der Waals surface area contributed by atoms with Gasteiger partial charge in [0.15, 0.2) is 0 Å². The number of hydrogen-bond acceptors (Lipinski definition) is 0. The lowest BCUT2D eigenvalue weighted by atomic mass is 10.3. The van der Waals surface area contributed by atoms with Gasteiger partial charge in [-0.3, -0.25) is 0 Å². The first-order valence-electron chi connectivity index (χ1n) is 5.88. The van der Waals surface area contributed by atoms with Crippen molar-refractivity contribution >= 4 is 14.1 Å². The summed E-state index contributed by atoms with van der Waals surface area (Å²) in [5, 5.41) is 0. The van der Waals surface area contributed by atoms with Crippen LogP contribution in [-0.4, -0.2) is 14.1 Å². The van der Waals surface area contributed by atoms with Gasteiger partial charge in [0, 0.05) is 1.43 Å². The van der Waals surface area contributed by atoms with E-state index in [-0.39, 0.29) is 15.6 Å². The van der Waals surface area contributed by atoms with E-state index < -0.39 is 0 Å². The van der Waals surface area contributed by atoms with Crippen molar-refractivity contribution in [2.24, 2.45) is 0 Å². The Morgan fingerprint density at radius 1 is 0.833 bits per heavy atom. The van der Waals surface area contributed by atoms with Gasteiger partial charge in [-0.15, -0.1) is 5.79 Å². The molecular formula is C11H23Al. The summed E-state index contributed by atoms with van der Waals surface area (Å²) in [7, 11) is 0. The van der Waals surface area contributed by atoms with Crippen molar-refractivity contribution in [3.63, 3.8) is 0 Å². The third-order valence-corrected chi connectivity index (χ3v) is 8.59. The van der Waals surface area contributed by atoms with Gasteiger partial charge in [0.05, 0.1) is 0 Å². The van der Waals surface area contributed by atoms with Crippen molar-refractivity contribution in [2.45, 2.75) is 66.7 Å². The summed E-state index contributed by atoms with van der Waals surface area (Å²) in [6, 6.07) is 0. The zero-order valence-corrected chi connectivity index (χ0v) is 9.54. The van der Waals surface area contributed by atoms with Gasteiger partial charge in [0.25, 0.3) is 14.1 Å². The van der Waals surface area contributed by atoms with E-state index in [2.05, 4.69) is 5.79 Å². The van der Waals surface area contributed by atoms with Gasteiger partial charge < -0.3 is 0 Å². The molecule has 2 saturated carbocycles. The van der Waals surface area contributed by atoms with E-state index in [4.69, 9.17) is 0 Å². The van der Waals surface area contributed by atoms with Crippen molar-refractivity contribution < 1.29 is 1.43 Å². The van der Waals surface area contributed by atoms with Crippen LogP contribution in [0.25, 0.3) is 0 Å². The maximum atomic E-state index is 2.66. The minimum absolute atomic E-state index is 0. The topological polar surface area (TPSA) is 0 Å². The molecule has 0 nitrogen and oxygen atoms in total. The van der Waals surface area contributed by atoms with Gasteiger partial charge in [-0.2, -0.15) is 0 Å². The molecule has 2 rings (SSSR count). The largest absolute Gasteiger partial charge is 0.265 e. The molecule has 0 aromatic heterocycles. The summed E-state index contributed by atoms with van der Waals surface area (Å²) in [5.74, 6) is 2.66. The lowest BCUT2D eigenvalue weighted by Gasteiger charge is -2.19. The Kier molecular flexibility index (Phi) is 3.16. The Hall–Kier alpha value is 0.532. The van der Waals surface area contributed by atoms with Crippen LogP contribution in [0.15, 0.2) is 0 Å². The molecule has 1 heteroatoms. The predicted molar refractivity (Wildman–Crippen MR) is 58.2 cm³/mol. The SMILES string of the molecule is [CH3][Al]([CH]1CCCC1)[CH]1CCCC1.[HH]. The predicted octanol–water partition coefficient (Wildman–Crippen LogP) is 4.25. The van der Waals surface area contributed by atoms with Gasteiger partial charge in [-0.05, 0) is 0 Å². The fourth-order valence-corrected chi connectivity index (χ4v) is 7.17. The van der Waals surface area contributed by atoms with Crippen molar-refractivity contribution in [1.29, 1.82) is 0 Å². The summed E-state index contributed by atoms with van der Waals surface area (Å²) in [4.78, 5) is 0. The molecule has 0 spiro atoms. The Bertz CT molecular complexity index is 121. The second kappa shape index (κ2) is 4.16. The van der Waals surface area contributed by atoms with Crippen LogP contribution in [0.2, 0.25) is 15.3 Å². The highest BCUT2D eigenvalue weighted by Crippen LogP contribution is 2.42. The Morgan fingerprint density at radius 3 is 1.50 bits per heavy atom. The van der Waals surface area contributed by atoms with Crippen LogP contribution in [0.3, 0.4) is 0 Å². The fraction of sp³-hybridized carbons (Fsp3) is 1.00. The molecule has 70 valence electrons. The number of hydrogen-bond donors (Lipinski definition) is 0. The third kappa shape index (κ3) is 1.89. The van der Waals surface area contributed by atoms with E-state index in [1.807, 2.05) is 0 Å². The van der Waals surface area contributed by atoms with E-state index in [0.717, 1.165) is 0 Å². The molecule has 0 aliphatic heterocycles. The summed E-state index contributed by atoms with van der Waals surface area (Å²) >= 11 is -0.307. The minimum Gasteiger partial charge on any atom is -0.105 e.